The molecule has 0 spiro atoms. The van der Waals surface area contributed by atoms with Gasteiger partial charge in [0.15, 0.2) is 0 Å². The van der Waals surface area contributed by atoms with Crippen molar-refractivity contribution in [1.29, 1.82) is 0 Å². The first-order chi connectivity index (χ1) is 29.8. The fraction of sp³-hybridized carbons (Fsp3) is 0. The molecule has 0 radical (unpaired) electrons. The summed E-state index contributed by atoms with van der Waals surface area (Å²) in [5.41, 5.74) is 15.7. The molecule has 11 rings (SSSR count). The summed E-state index contributed by atoms with van der Waals surface area (Å²) in [6.07, 6.45) is 0. The fourth-order valence-electron chi connectivity index (χ4n) is 8.73. The maximum atomic E-state index is 2.45. The summed E-state index contributed by atoms with van der Waals surface area (Å²) in [6.45, 7) is 0. The summed E-state index contributed by atoms with van der Waals surface area (Å²) in [7, 11) is 0. The van der Waals surface area contributed by atoms with Crippen LogP contribution in [0.2, 0.25) is 0 Å². The average molecular weight is 769 g/mol. The van der Waals surface area contributed by atoms with Crippen LogP contribution in [0.15, 0.2) is 243 Å². The van der Waals surface area contributed by atoms with Gasteiger partial charge in [-0.15, -0.1) is 0 Å². The van der Waals surface area contributed by atoms with Gasteiger partial charge in [0, 0.05) is 39.5 Å². The monoisotopic (exact) mass is 768 g/mol. The van der Waals surface area contributed by atoms with Crippen LogP contribution in [0.5, 0.6) is 0 Å². The van der Waals surface area contributed by atoms with Crippen molar-refractivity contribution in [3.8, 4) is 27.9 Å². The lowest BCUT2D eigenvalue weighted by Crippen LogP contribution is -2.25. The zero-order chi connectivity index (χ0) is 39.8. The highest BCUT2D eigenvalue weighted by Crippen LogP contribution is 2.59. The first-order valence-electron chi connectivity index (χ1n) is 20.4. The van der Waals surface area contributed by atoms with Crippen molar-refractivity contribution in [2.24, 2.45) is 0 Å². The van der Waals surface area contributed by atoms with Crippen molar-refractivity contribution in [1.82, 2.24) is 4.57 Å². The van der Waals surface area contributed by atoms with Gasteiger partial charge in [0.25, 0.3) is 0 Å². The van der Waals surface area contributed by atoms with Crippen molar-refractivity contribution >= 4 is 62.2 Å². The summed E-state index contributed by atoms with van der Waals surface area (Å²) in [5.74, 6) is 1.08. The van der Waals surface area contributed by atoms with E-state index < -0.39 is 0 Å². The molecule has 60 heavy (non-hydrogen) atoms. The molecule has 4 heteroatoms. The van der Waals surface area contributed by atoms with E-state index >= 15 is 0 Å². The van der Waals surface area contributed by atoms with E-state index in [1.807, 2.05) is 0 Å². The molecule has 9 aromatic carbocycles. The number of nitrogens with zero attached hydrogens (tertiary/aromatic N) is 4. The molecule has 0 bridgehead atoms. The average Bonchev–Trinajstić information content (AvgIpc) is 3.67. The summed E-state index contributed by atoms with van der Waals surface area (Å²) in [4.78, 5) is 7.28. The number of para-hydroxylation sites is 4. The SMILES string of the molecule is c1ccc(-c2ccc(N(c3ccc(-c4ccccc4)cc3)c3ccc4c(c3)N(c3ccccc3)c3c(c5ccccc5n3-c3ccccc3)N4c3ccccc3)cc2)cc1. The van der Waals surface area contributed by atoms with Crippen LogP contribution in [-0.2, 0) is 0 Å². The minimum atomic E-state index is 1.05. The third-order valence-corrected chi connectivity index (χ3v) is 11.5. The normalized spacial score (nSPS) is 11.9. The zero-order valence-corrected chi connectivity index (χ0v) is 32.9. The summed E-state index contributed by atoms with van der Waals surface area (Å²) in [6, 6.07) is 87.1. The van der Waals surface area contributed by atoms with E-state index in [1.165, 1.54) is 27.6 Å². The molecule has 1 aromatic heterocycles. The van der Waals surface area contributed by atoms with Gasteiger partial charge in [-0.3, -0.25) is 9.47 Å². The molecule has 0 saturated carbocycles. The minimum Gasteiger partial charge on any atom is -0.310 e. The van der Waals surface area contributed by atoms with Crippen LogP contribution in [0, 0.1) is 0 Å². The van der Waals surface area contributed by atoms with Crippen molar-refractivity contribution in [3.63, 3.8) is 0 Å². The third-order valence-electron chi connectivity index (χ3n) is 11.5. The molecule has 10 aromatic rings. The Balaban J connectivity index is 1.16. The predicted octanol–water partition coefficient (Wildman–Crippen LogP) is 15.7. The maximum absolute atomic E-state index is 2.45. The molecule has 0 N–H and O–H groups in total. The summed E-state index contributed by atoms with van der Waals surface area (Å²) >= 11 is 0. The van der Waals surface area contributed by atoms with E-state index in [2.05, 4.69) is 262 Å². The Morgan fingerprint density at radius 3 is 1.25 bits per heavy atom. The van der Waals surface area contributed by atoms with Crippen molar-refractivity contribution < 1.29 is 0 Å². The van der Waals surface area contributed by atoms with Crippen LogP contribution in [0.4, 0.5) is 51.3 Å². The van der Waals surface area contributed by atoms with E-state index in [0.29, 0.717) is 0 Å². The molecule has 0 saturated heterocycles. The van der Waals surface area contributed by atoms with E-state index in [-0.39, 0.29) is 0 Å². The fourth-order valence-corrected chi connectivity index (χ4v) is 8.73. The Kier molecular flexibility index (Phi) is 8.79. The van der Waals surface area contributed by atoms with Gasteiger partial charge in [0.2, 0.25) is 0 Å². The quantitative estimate of drug-likeness (QED) is 0.153. The molecule has 1 aliphatic heterocycles. The lowest BCUT2D eigenvalue weighted by molar-refractivity contribution is 1.05. The number of hydrogen-bond acceptors (Lipinski definition) is 3. The Hall–Kier alpha value is -8.08. The van der Waals surface area contributed by atoms with Crippen molar-refractivity contribution in [2.45, 2.75) is 0 Å². The van der Waals surface area contributed by atoms with Crippen LogP contribution >= 0.6 is 0 Å². The van der Waals surface area contributed by atoms with E-state index in [1.54, 1.807) is 0 Å². The number of benzene rings is 9. The highest BCUT2D eigenvalue weighted by Gasteiger charge is 2.37. The van der Waals surface area contributed by atoms with Gasteiger partial charge in [0.05, 0.1) is 22.6 Å². The predicted molar refractivity (Wildman–Crippen MR) is 252 cm³/mol. The number of rotatable bonds is 8. The number of hydrogen-bond donors (Lipinski definition) is 0. The Bertz CT molecular complexity index is 2970. The molecule has 2 heterocycles. The number of anilines is 9. The first-order valence-corrected chi connectivity index (χ1v) is 20.4. The molecule has 0 amide bonds. The van der Waals surface area contributed by atoms with E-state index in [9.17, 15) is 0 Å². The lowest BCUT2D eigenvalue weighted by Gasteiger charge is -2.40. The van der Waals surface area contributed by atoms with Crippen LogP contribution in [-0.4, -0.2) is 4.57 Å². The van der Waals surface area contributed by atoms with Crippen LogP contribution in [0.3, 0.4) is 0 Å². The summed E-state index contributed by atoms with van der Waals surface area (Å²) < 4.78 is 2.42. The first kappa shape index (κ1) is 35.1. The smallest absolute Gasteiger partial charge is 0.148 e. The van der Waals surface area contributed by atoms with E-state index in [4.69, 9.17) is 0 Å². The molecule has 1 aliphatic rings. The van der Waals surface area contributed by atoms with Crippen LogP contribution in [0.25, 0.3) is 38.8 Å². The van der Waals surface area contributed by atoms with Crippen LogP contribution in [0.1, 0.15) is 0 Å². The zero-order valence-electron chi connectivity index (χ0n) is 32.9. The second kappa shape index (κ2) is 15.0. The Morgan fingerprint density at radius 2 is 0.717 bits per heavy atom. The van der Waals surface area contributed by atoms with Gasteiger partial charge in [-0.05, 0) is 107 Å². The van der Waals surface area contributed by atoms with Gasteiger partial charge in [-0.2, -0.15) is 0 Å². The van der Waals surface area contributed by atoms with Gasteiger partial charge in [-0.1, -0.05) is 158 Å². The maximum Gasteiger partial charge on any atom is 0.148 e. The lowest BCUT2D eigenvalue weighted by atomic mass is 10.0. The second-order valence-electron chi connectivity index (χ2n) is 15.0. The highest BCUT2D eigenvalue weighted by molar-refractivity contribution is 6.13. The van der Waals surface area contributed by atoms with Gasteiger partial charge in [0.1, 0.15) is 5.82 Å². The Labute approximate surface area is 350 Å². The van der Waals surface area contributed by atoms with Crippen molar-refractivity contribution in [2.75, 3.05) is 14.7 Å². The van der Waals surface area contributed by atoms with E-state index in [0.717, 1.165) is 62.5 Å². The second-order valence-corrected chi connectivity index (χ2v) is 15.0. The van der Waals surface area contributed by atoms with Gasteiger partial charge in [-0.25, -0.2) is 0 Å². The van der Waals surface area contributed by atoms with Gasteiger partial charge < -0.3 is 9.80 Å². The minimum absolute atomic E-state index is 1.05. The summed E-state index contributed by atoms with van der Waals surface area (Å²) in [5, 5.41) is 1.18. The van der Waals surface area contributed by atoms with Crippen LogP contribution < -0.4 is 14.7 Å². The molecule has 0 unspecified atom stereocenters. The number of fused-ring (bicyclic) bond motifs is 4. The number of aromatic nitrogens is 1. The Morgan fingerprint density at radius 1 is 0.300 bits per heavy atom. The standard InChI is InChI=1S/C56H40N4/c1-6-18-41(19-7-1)43-30-34-48(35-31-43)57(49-36-32-44(33-37-49)42-20-8-2-9-21-42)50-38-39-53-54(40-50)60(47-26-14-5-15-27-47)56-55(58(53)45-22-10-3-11-23-45)51-28-16-17-29-52(51)59(56)46-24-12-4-13-25-46/h1-40H. The largest absolute Gasteiger partial charge is 0.310 e. The van der Waals surface area contributed by atoms with Gasteiger partial charge >= 0.3 is 0 Å². The molecule has 4 nitrogen and oxygen atoms in total. The molecule has 284 valence electrons. The highest BCUT2D eigenvalue weighted by atomic mass is 15.3. The molecule has 0 atom stereocenters. The van der Waals surface area contributed by atoms with Crippen molar-refractivity contribution in [3.05, 3.63) is 243 Å². The topological polar surface area (TPSA) is 14.7 Å². The molecular weight excluding hydrogens is 729 g/mol. The molecule has 0 fully saturated rings. The third kappa shape index (κ3) is 6.10. The molecular formula is C56H40N4. The molecule has 0 aliphatic carbocycles.